The van der Waals surface area contributed by atoms with E-state index < -0.39 is 0 Å². The molecule has 1 saturated heterocycles. The Balaban J connectivity index is 2.26. The average molecular weight is 214 g/mol. The van der Waals surface area contributed by atoms with Crippen molar-refractivity contribution in [1.82, 2.24) is 10.2 Å². The lowest BCUT2D eigenvalue weighted by Crippen LogP contribution is -2.39. The van der Waals surface area contributed by atoms with E-state index in [0.717, 1.165) is 0 Å². The first-order valence-corrected chi connectivity index (χ1v) is 6.35. The van der Waals surface area contributed by atoms with Crippen molar-refractivity contribution in [3.05, 3.63) is 0 Å². The van der Waals surface area contributed by atoms with Gasteiger partial charge < -0.3 is 15.3 Å². The fraction of sp³-hybridized carbons (Fsp3) is 1.00. The molecule has 0 aromatic heterocycles. The van der Waals surface area contributed by atoms with Crippen molar-refractivity contribution in [2.45, 2.75) is 51.6 Å². The molecule has 3 nitrogen and oxygen atoms in total. The van der Waals surface area contributed by atoms with Crippen LogP contribution in [0.15, 0.2) is 0 Å². The molecule has 0 aliphatic carbocycles. The Morgan fingerprint density at radius 3 is 2.87 bits per heavy atom. The Morgan fingerprint density at radius 1 is 1.40 bits per heavy atom. The molecule has 0 bridgehead atoms. The maximum absolute atomic E-state index is 9.00. The standard InChI is InChI=1S/C12H26N2O/c1-3-7-14-8-4-5-12(6-9-14)13-11(2)10-15/h11-13,15H,3-10H2,1-2H3/t11-,12?/m1/s1. The second kappa shape index (κ2) is 7.20. The summed E-state index contributed by atoms with van der Waals surface area (Å²) in [5, 5.41) is 12.5. The SMILES string of the molecule is CCCN1CCCC(N[C@H](C)CO)CC1. The summed E-state index contributed by atoms with van der Waals surface area (Å²) in [6.45, 7) is 8.24. The van der Waals surface area contributed by atoms with E-state index in [9.17, 15) is 0 Å². The van der Waals surface area contributed by atoms with Crippen molar-refractivity contribution in [3.63, 3.8) is 0 Å². The Labute approximate surface area is 93.9 Å². The molecule has 0 aromatic carbocycles. The van der Waals surface area contributed by atoms with Crippen molar-refractivity contribution in [2.75, 3.05) is 26.2 Å². The molecule has 2 atom stereocenters. The minimum absolute atomic E-state index is 0.243. The molecule has 3 heteroatoms. The van der Waals surface area contributed by atoms with Crippen molar-refractivity contribution in [3.8, 4) is 0 Å². The topological polar surface area (TPSA) is 35.5 Å². The molecule has 1 unspecified atom stereocenters. The van der Waals surface area contributed by atoms with E-state index >= 15 is 0 Å². The summed E-state index contributed by atoms with van der Waals surface area (Å²) in [6, 6.07) is 0.849. The quantitative estimate of drug-likeness (QED) is 0.722. The van der Waals surface area contributed by atoms with Crippen LogP contribution in [0.5, 0.6) is 0 Å². The first-order chi connectivity index (χ1) is 7.26. The summed E-state index contributed by atoms with van der Waals surface area (Å²) >= 11 is 0. The zero-order valence-corrected chi connectivity index (χ0v) is 10.2. The third kappa shape index (κ3) is 4.96. The smallest absolute Gasteiger partial charge is 0.0582 e. The van der Waals surface area contributed by atoms with Gasteiger partial charge in [0.25, 0.3) is 0 Å². The summed E-state index contributed by atoms with van der Waals surface area (Å²) < 4.78 is 0. The van der Waals surface area contributed by atoms with Crippen LogP contribution in [-0.4, -0.2) is 48.3 Å². The van der Waals surface area contributed by atoms with Crippen LogP contribution in [0.1, 0.15) is 39.5 Å². The molecular formula is C12H26N2O. The highest BCUT2D eigenvalue weighted by Gasteiger charge is 2.17. The lowest BCUT2D eigenvalue weighted by Gasteiger charge is -2.21. The van der Waals surface area contributed by atoms with Gasteiger partial charge in [-0.25, -0.2) is 0 Å². The second-order valence-corrected chi connectivity index (χ2v) is 4.72. The number of hydrogen-bond donors (Lipinski definition) is 2. The van der Waals surface area contributed by atoms with Crippen LogP contribution in [0.25, 0.3) is 0 Å². The van der Waals surface area contributed by atoms with E-state index in [1.807, 2.05) is 0 Å². The van der Waals surface area contributed by atoms with Crippen molar-refractivity contribution < 1.29 is 5.11 Å². The first-order valence-electron chi connectivity index (χ1n) is 6.35. The molecule has 2 N–H and O–H groups in total. The summed E-state index contributed by atoms with van der Waals surface area (Å²) in [7, 11) is 0. The third-order valence-electron chi connectivity index (χ3n) is 3.15. The highest BCUT2D eigenvalue weighted by molar-refractivity contribution is 4.76. The molecular weight excluding hydrogens is 188 g/mol. The van der Waals surface area contributed by atoms with Gasteiger partial charge in [-0.05, 0) is 52.2 Å². The summed E-state index contributed by atoms with van der Waals surface area (Å²) in [6.07, 6.45) is 5.02. The normalized spacial score (nSPS) is 26.2. The van der Waals surface area contributed by atoms with Crippen LogP contribution in [-0.2, 0) is 0 Å². The molecule has 1 aliphatic rings. The molecule has 0 radical (unpaired) electrons. The number of nitrogens with one attached hydrogen (secondary N) is 1. The largest absolute Gasteiger partial charge is 0.395 e. The lowest BCUT2D eigenvalue weighted by molar-refractivity contribution is 0.234. The molecule has 0 saturated carbocycles. The molecule has 90 valence electrons. The Morgan fingerprint density at radius 2 is 2.20 bits per heavy atom. The zero-order valence-electron chi connectivity index (χ0n) is 10.2. The third-order valence-corrected chi connectivity index (χ3v) is 3.15. The van der Waals surface area contributed by atoms with Gasteiger partial charge in [0.2, 0.25) is 0 Å². The molecule has 0 amide bonds. The van der Waals surface area contributed by atoms with Gasteiger partial charge in [-0.1, -0.05) is 6.92 Å². The van der Waals surface area contributed by atoms with Gasteiger partial charge in [-0.2, -0.15) is 0 Å². The van der Waals surface area contributed by atoms with E-state index in [4.69, 9.17) is 5.11 Å². The molecule has 15 heavy (non-hydrogen) atoms. The van der Waals surface area contributed by atoms with Crippen LogP contribution in [0, 0.1) is 0 Å². The van der Waals surface area contributed by atoms with Crippen molar-refractivity contribution in [1.29, 1.82) is 0 Å². The Kier molecular flexibility index (Phi) is 6.22. The highest BCUT2D eigenvalue weighted by Crippen LogP contribution is 2.11. The van der Waals surface area contributed by atoms with Gasteiger partial charge in [-0.3, -0.25) is 0 Å². The van der Waals surface area contributed by atoms with Gasteiger partial charge in [0.05, 0.1) is 6.61 Å². The van der Waals surface area contributed by atoms with Crippen LogP contribution >= 0.6 is 0 Å². The van der Waals surface area contributed by atoms with Crippen molar-refractivity contribution >= 4 is 0 Å². The summed E-state index contributed by atoms with van der Waals surface area (Å²) in [5.74, 6) is 0. The minimum atomic E-state index is 0.243. The average Bonchev–Trinajstić information content (AvgIpc) is 2.45. The molecule has 1 heterocycles. The van der Waals surface area contributed by atoms with Crippen LogP contribution in [0.2, 0.25) is 0 Å². The minimum Gasteiger partial charge on any atom is -0.395 e. The van der Waals surface area contributed by atoms with Gasteiger partial charge in [0.1, 0.15) is 0 Å². The monoisotopic (exact) mass is 214 g/mol. The van der Waals surface area contributed by atoms with Gasteiger partial charge >= 0.3 is 0 Å². The molecule has 1 fully saturated rings. The second-order valence-electron chi connectivity index (χ2n) is 4.72. The number of nitrogens with zero attached hydrogens (tertiary/aromatic N) is 1. The number of hydrogen-bond acceptors (Lipinski definition) is 3. The fourth-order valence-electron chi connectivity index (χ4n) is 2.32. The molecule has 0 aromatic rings. The van der Waals surface area contributed by atoms with Crippen LogP contribution in [0.3, 0.4) is 0 Å². The predicted molar refractivity (Wildman–Crippen MR) is 64.1 cm³/mol. The van der Waals surface area contributed by atoms with Crippen molar-refractivity contribution in [2.24, 2.45) is 0 Å². The maximum Gasteiger partial charge on any atom is 0.0582 e. The summed E-state index contributed by atoms with van der Waals surface area (Å²) in [5.41, 5.74) is 0. The van der Waals surface area contributed by atoms with Gasteiger partial charge in [-0.15, -0.1) is 0 Å². The Hall–Kier alpha value is -0.120. The highest BCUT2D eigenvalue weighted by atomic mass is 16.3. The van der Waals surface area contributed by atoms with Crippen LogP contribution in [0.4, 0.5) is 0 Å². The fourth-order valence-corrected chi connectivity index (χ4v) is 2.32. The molecule has 0 spiro atoms. The number of aliphatic hydroxyl groups excluding tert-OH is 1. The van der Waals surface area contributed by atoms with Crippen LogP contribution < -0.4 is 5.32 Å². The van der Waals surface area contributed by atoms with E-state index in [1.54, 1.807) is 0 Å². The molecule has 1 aliphatic heterocycles. The van der Waals surface area contributed by atoms with Gasteiger partial charge in [0.15, 0.2) is 0 Å². The van der Waals surface area contributed by atoms with E-state index in [-0.39, 0.29) is 12.6 Å². The number of rotatable bonds is 5. The number of aliphatic hydroxyl groups is 1. The first kappa shape index (κ1) is 12.9. The zero-order chi connectivity index (χ0) is 11.1. The predicted octanol–water partition coefficient (Wildman–Crippen LogP) is 1.22. The maximum atomic E-state index is 9.00. The van der Waals surface area contributed by atoms with E-state index in [1.165, 1.54) is 45.3 Å². The van der Waals surface area contributed by atoms with E-state index in [2.05, 4.69) is 24.1 Å². The Bertz CT molecular complexity index is 164. The number of likely N-dealkylation sites (tertiary alicyclic amines) is 1. The lowest BCUT2D eigenvalue weighted by atomic mass is 10.1. The van der Waals surface area contributed by atoms with Gasteiger partial charge in [0, 0.05) is 12.1 Å². The summed E-state index contributed by atoms with van der Waals surface area (Å²) in [4.78, 5) is 2.56. The van der Waals surface area contributed by atoms with E-state index in [0.29, 0.717) is 6.04 Å². The molecule has 1 rings (SSSR count).